The minimum atomic E-state index is -0.540. The Kier molecular flexibility index (Phi) is 5.08. The second-order valence-electron chi connectivity index (χ2n) is 5.21. The Morgan fingerprint density at radius 2 is 1.88 bits per heavy atom. The molecule has 1 aromatic carbocycles. The van der Waals surface area contributed by atoms with Gasteiger partial charge in [-0.25, -0.2) is 0 Å². The number of carbonyl (C=O) groups excluding carboxylic acids is 2. The number of nitrogens with one attached hydrogen (secondary N) is 1. The summed E-state index contributed by atoms with van der Waals surface area (Å²) in [6.07, 6.45) is 1.06. The maximum Gasteiger partial charge on any atom is 0.251 e. The molecule has 4 nitrogen and oxygen atoms in total. The van der Waals surface area contributed by atoms with Crippen molar-refractivity contribution in [1.82, 2.24) is 0 Å². The molecule has 2 aromatic heterocycles. The molecule has 2 heterocycles. The zero-order valence-electron chi connectivity index (χ0n) is 12.8. The van der Waals surface area contributed by atoms with E-state index in [2.05, 4.69) is 5.32 Å². The van der Waals surface area contributed by atoms with Crippen LogP contribution >= 0.6 is 22.7 Å². The number of nitrogens with two attached hydrogens (primary N) is 1. The van der Waals surface area contributed by atoms with E-state index >= 15 is 0 Å². The van der Waals surface area contributed by atoms with E-state index in [1.165, 1.54) is 11.3 Å². The monoisotopic (exact) mass is 356 g/mol. The highest BCUT2D eigenvalue weighted by atomic mass is 32.1. The third kappa shape index (κ3) is 3.90. The van der Waals surface area contributed by atoms with Gasteiger partial charge in [0.1, 0.15) is 5.00 Å². The number of aryl methyl sites for hydroxylation is 1. The Hall–Kier alpha value is -2.44. The topological polar surface area (TPSA) is 72.2 Å². The zero-order chi connectivity index (χ0) is 16.9. The molecular weight excluding hydrogens is 340 g/mol. The normalized spacial score (nSPS) is 10.5. The summed E-state index contributed by atoms with van der Waals surface area (Å²) in [6.45, 7) is 0. The average molecular weight is 356 g/mol. The molecule has 0 saturated heterocycles. The van der Waals surface area contributed by atoms with Crippen molar-refractivity contribution in [2.24, 2.45) is 5.73 Å². The quantitative estimate of drug-likeness (QED) is 0.696. The number of carbonyl (C=O) groups is 2. The molecule has 0 spiro atoms. The molecule has 0 aliphatic carbocycles. The fourth-order valence-electron chi connectivity index (χ4n) is 2.29. The molecule has 0 fully saturated rings. The van der Waals surface area contributed by atoms with Crippen molar-refractivity contribution in [3.8, 4) is 10.4 Å². The first-order chi connectivity index (χ1) is 11.6. The molecule has 0 radical (unpaired) electrons. The van der Waals surface area contributed by atoms with E-state index in [4.69, 9.17) is 5.73 Å². The lowest BCUT2D eigenvalue weighted by Crippen LogP contribution is -2.16. The molecule has 24 heavy (non-hydrogen) atoms. The maximum atomic E-state index is 12.2. The number of anilines is 1. The number of benzene rings is 1. The minimum Gasteiger partial charge on any atom is -0.366 e. The van der Waals surface area contributed by atoms with Crippen molar-refractivity contribution in [2.75, 3.05) is 5.32 Å². The molecule has 0 aliphatic heterocycles. The van der Waals surface area contributed by atoms with Crippen LogP contribution in [0, 0.1) is 0 Å². The summed E-state index contributed by atoms with van der Waals surface area (Å²) in [6, 6.07) is 15.4. The van der Waals surface area contributed by atoms with E-state index < -0.39 is 5.91 Å². The first kappa shape index (κ1) is 16.4. The molecule has 3 aromatic rings. The van der Waals surface area contributed by atoms with E-state index in [0.29, 0.717) is 23.4 Å². The van der Waals surface area contributed by atoms with Crippen molar-refractivity contribution >= 4 is 39.5 Å². The number of amides is 2. The highest BCUT2D eigenvalue weighted by Crippen LogP contribution is 2.35. The van der Waals surface area contributed by atoms with Crippen molar-refractivity contribution in [1.29, 1.82) is 0 Å². The third-order valence-electron chi connectivity index (χ3n) is 3.49. The molecule has 2 amide bonds. The molecule has 122 valence electrons. The summed E-state index contributed by atoms with van der Waals surface area (Å²) in [5, 5.41) is 5.33. The highest BCUT2D eigenvalue weighted by Gasteiger charge is 2.16. The fourth-order valence-corrected chi connectivity index (χ4v) is 4.09. The Balaban J connectivity index is 1.75. The standard InChI is InChI=1S/C18H16N2O2S2/c19-17(22)14-11-15(12-5-2-1-3-6-12)24-18(14)20-16(21)9-8-13-7-4-10-23-13/h1-7,10-11H,8-9H2,(H2,19,22)(H,20,21). The van der Waals surface area contributed by atoms with Gasteiger partial charge in [0.15, 0.2) is 0 Å². The van der Waals surface area contributed by atoms with Gasteiger partial charge in [0.25, 0.3) is 5.91 Å². The number of primary amides is 1. The van der Waals surface area contributed by atoms with Crippen LogP contribution in [0.3, 0.4) is 0 Å². The predicted octanol–water partition coefficient (Wildman–Crippen LogP) is 4.15. The molecular formula is C18H16N2O2S2. The van der Waals surface area contributed by atoms with Crippen LogP contribution in [0.15, 0.2) is 53.9 Å². The number of hydrogen-bond donors (Lipinski definition) is 2. The highest BCUT2D eigenvalue weighted by molar-refractivity contribution is 7.20. The van der Waals surface area contributed by atoms with Gasteiger partial charge in [-0.05, 0) is 29.5 Å². The lowest BCUT2D eigenvalue weighted by molar-refractivity contribution is -0.116. The van der Waals surface area contributed by atoms with Gasteiger partial charge in [-0.1, -0.05) is 36.4 Å². The van der Waals surface area contributed by atoms with E-state index in [-0.39, 0.29) is 5.91 Å². The molecule has 0 unspecified atom stereocenters. The first-order valence-corrected chi connectivity index (χ1v) is 9.14. The lowest BCUT2D eigenvalue weighted by Gasteiger charge is -2.03. The number of thiophene rings is 2. The summed E-state index contributed by atoms with van der Waals surface area (Å²) in [4.78, 5) is 25.9. The van der Waals surface area contributed by atoms with Crippen LogP contribution in [0.25, 0.3) is 10.4 Å². The lowest BCUT2D eigenvalue weighted by atomic mass is 10.1. The second kappa shape index (κ2) is 7.42. The minimum absolute atomic E-state index is 0.118. The van der Waals surface area contributed by atoms with Crippen LogP contribution in [0.1, 0.15) is 21.7 Å². The van der Waals surface area contributed by atoms with Crippen molar-refractivity contribution in [3.63, 3.8) is 0 Å². The Morgan fingerprint density at radius 3 is 2.54 bits per heavy atom. The molecule has 3 N–H and O–H groups in total. The van der Waals surface area contributed by atoms with Gasteiger partial charge in [-0.15, -0.1) is 22.7 Å². The number of rotatable bonds is 6. The Labute approximate surface area is 147 Å². The van der Waals surface area contributed by atoms with Gasteiger partial charge in [0.05, 0.1) is 5.56 Å². The third-order valence-corrected chi connectivity index (χ3v) is 5.52. The second-order valence-corrected chi connectivity index (χ2v) is 7.30. The fraction of sp³-hybridized carbons (Fsp3) is 0.111. The van der Waals surface area contributed by atoms with Gasteiger partial charge in [0.2, 0.25) is 5.91 Å². The van der Waals surface area contributed by atoms with Gasteiger partial charge >= 0.3 is 0 Å². The van der Waals surface area contributed by atoms with E-state index in [1.807, 2.05) is 47.8 Å². The molecule has 6 heteroatoms. The summed E-state index contributed by atoms with van der Waals surface area (Å²) >= 11 is 2.99. The summed E-state index contributed by atoms with van der Waals surface area (Å²) in [7, 11) is 0. The van der Waals surface area contributed by atoms with Crippen LogP contribution in [-0.4, -0.2) is 11.8 Å². The predicted molar refractivity (Wildman–Crippen MR) is 99.5 cm³/mol. The van der Waals surface area contributed by atoms with E-state index in [0.717, 1.165) is 15.3 Å². The summed E-state index contributed by atoms with van der Waals surface area (Å²) < 4.78 is 0. The summed E-state index contributed by atoms with van der Waals surface area (Å²) in [5.41, 5.74) is 6.79. The zero-order valence-corrected chi connectivity index (χ0v) is 14.5. The van der Waals surface area contributed by atoms with Crippen LogP contribution < -0.4 is 11.1 Å². The molecule has 0 atom stereocenters. The van der Waals surface area contributed by atoms with Gasteiger partial charge in [-0.2, -0.15) is 0 Å². The molecule has 0 aliphatic rings. The van der Waals surface area contributed by atoms with Crippen LogP contribution in [-0.2, 0) is 11.2 Å². The number of hydrogen-bond acceptors (Lipinski definition) is 4. The van der Waals surface area contributed by atoms with Gasteiger partial charge in [0, 0.05) is 16.2 Å². The summed E-state index contributed by atoms with van der Waals surface area (Å²) in [5.74, 6) is -0.658. The van der Waals surface area contributed by atoms with E-state index in [1.54, 1.807) is 17.4 Å². The SMILES string of the molecule is NC(=O)c1cc(-c2ccccc2)sc1NC(=O)CCc1cccs1. The molecule has 0 bridgehead atoms. The Bertz CT molecular complexity index is 839. The van der Waals surface area contributed by atoms with Gasteiger partial charge in [-0.3, -0.25) is 9.59 Å². The maximum absolute atomic E-state index is 12.2. The van der Waals surface area contributed by atoms with Crippen LogP contribution in [0.4, 0.5) is 5.00 Å². The van der Waals surface area contributed by atoms with E-state index in [9.17, 15) is 9.59 Å². The van der Waals surface area contributed by atoms with Crippen molar-refractivity contribution in [3.05, 3.63) is 64.4 Å². The van der Waals surface area contributed by atoms with Crippen LogP contribution in [0.5, 0.6) is 0 Å². The largest absolute Gasteiger partial charge is 0.366 e. The molecule has 0 saturated carbocycles. The average Bonchev–Trinajstić information content (AvgIpc) is 3.23. The Morgan fingerprint density at radius 1 is 1.08 bits per heavy atom. The van der Waals surface area contributed by atoms with Crippen LogP contribution in [0.2, 0.25) is 0 Å². The smallest absolute Gasteiger partial charge is 0.251 e. The van der Waals surface area contributed by atoms with Crippen molar-refractivity contribution < 1.29 is 9.59 Å². The first-order valence-electron chi connectivity index (χ1n) is 7.45. The molecule has 3 rings (SSSR count). The van der Waals surface area contributed by atoms with Gasteiger partial charge < -0.3 is 11.1 Å². The van der Waals surface area contributed by atoms with Crippen molar-refractivity contribution in [2.45, 2.75) is 12.8 Å².